The second kappa shape index (κ2) is 9.56. The number of rotatable bonds is 6. The highest BCUT2D eigenvalue weighted by atomic mass is 16.6. The van der Waals surface area contributed by atoms with Crippen LogP contribution in [0.2, 0.25) is 0 Å². The molecule has 2 unspecified atom stereocenters. The van der Waals surface area contributed by atoms with Gasteiger partial charge in [-0.1, -0.05) is 66.2 Å². The molecule has 0 aromatic carbocycles. The molecular formula is C32H52O4. The standard InChI is InChI=1S/C32H52O4/c1-18(2)19(3)10-11-20(4)23-13-14-24-22-12-15-25-30(6,7)26(34)16-17-31(25,8)27(22)28(35)29(32(23,24)9)36-21(5)33/h18,20,23-26,28-29,34-35H,3,10-17H2,1-2,4-9H3/t20-,23-,24+,25?,26+,28?,29-,31+,32-/m1/s1. The van der Waals surface area contributed by atoms with Crippen LogP contribution in [-0.2, 0) is 9.53 Å². The molecule has 36 heavy (non-hydrogen) atoms. The second-order valence-electron chi connectivity index (χ2n) is 14.2. The van der Waals surface area contributed by atoms with Crippen LogP contribution in [0.5, 0.6) is 0 Å². The van der Waals surface area contributed by atoms with Crippen LogP contribution in [0.25, 0.3) is 0 Å². The number of hydrogen-bond acceptors (Lipinski definition) is 4. The van der Waals surface area contributed by atoms with Crippen LogP contribution < -0.4 is 0 Å². The molecule has 0 aliphatic heterocycles. The average molecular weight is 501 g/mol. The van der Waals surface area contributed by atoms with E-state index >= 15 is 0 Å². The van der Waals surface area contributed by atoms with E-state index in [1.807, 2.05) is 0 Å². The summed E-state index contributed by atoms with van der Waals surface area (Å²) in [7, 11) is 0. The van der Waals surface area contributed by atoms with Gasteiger partial charge in [0.1, 0.15) is 12.2 Å². The van der Waals surface area contributed by atoms with Gasteiger partial charge in [-0.3, -0.25) is 4.79 Å². The van der Waals surface area contributed by atoms with Crippen molar-refractivity contribution >= 4 is 5.97 Å². The van der Waals surface area contributed by atoms with Crippen molar-refractivity contribution in [3.05, 3.63) is 23.3 Å². The quantitative estimate of drug-likeness (QED) is 0.309. The number of hydrogen-bond donors (Lipinski definition) is 2. The second-order valence-corrected chi connectivity index (χ2v) is 14.2. The molecule has 4 heteroatoms. The van der Waals surface area contributed by atoms with Crippen LogP contribution in [0.1, 0.15) is 107 Å². The third-order valence-electron chi connectivity index (χ3n) is 11.8. The molecule has 0 heterocycles. The highest BCUT2D eigenvalue weighted by molar-refractivity contribution is 5.66. The predicted molar refractivity (Wildman–Crippen MR) is 145 cm³/mol. The molecule has 204 valence electrons. The lowest BCUT2D eigenvalue weighted by atomic mass is 9.45. The van der Waals surface area contributed by atoms with Gasteiger partial charge < -0.3 is 14.9 Å². The fraction of sp³-hybridized carbons (Fsp3) is 0.844. The Hall–Kier alpha value is -1.13. The Kier molecular flexibility index (Phi) is 7.41. The molecule has 4 aliphatic rings. The molecule has 4 aliphatic carbocycles. The van der Waals surface area contributed by atoms with E-state index in [9.17, 15) is 15.0 Å². The minimum absolute atomic E-state index is 0.172. The zero-order valence-corrected chi connectivity index (χ0v) is 24.2. The molecule has 4 rings (SSSR count). The Morgan fingerprint density at radius 1 is 1.08 bits per heavy atom. The van der Waals surface area contributed by atoms with Crippen molar-refractivity contribution in [3.63, 3.8) is 0 Å². The molecule has 2 fully saturated rings. The first-order chi connectivity index (χ1) is 16.7. The molecular weight excluding hydrogens is 448 g/mol. The normalized spacial score (nSPS) is 42.4. The summed E-state index contributed by atoms with van der Waals surface area (Å²) in [5.74, 6) is 1.71. The van der Waals surface area contributed by atoms with Gasteiger partial charge in [-0.15, -0.1) is 0 Å². The van der Waals surface area contributed by atoms with E-state index in [-0.39, 0.29) is 28.3 Å². The lowest BCUT2D eigenvalue weighted by Crippen LogP contribution is -2.61. The third-order valence-corrected chi connectivity index (χ3v) is 11.8. The lowest BCUT2D eigenvalue weighted by Gasteiger charge is -2.62. The lowest BCUT2D eigenvalue weighted by molar-refractivity contribution is -0.177. The van der Waals surface area contributed by atoms with Crippen molar-refractivity contribution < 1.29 is 19.7 Å². The number of esters is 1. The Bertz CT molecular complexity index is 915. The van der Waals surface area contributed by atoms with Crippen molar-refractivity contribution in [2.24, 2.45) is 45.8 Å². The van der Waals surface area contributed by atoms with Gasteiger partial charge >= 0.3 is 5.97 Å². The van der Waals surface area contributed by atoms with E-state index in [0.717, 1.165) is 56.9 Å². The van der Waals surface area contributed by atoms with Crippen LogP contribution in [-0.4, -0.2) is 34.5 Å². The van der Waals surface area contributed by atoms with Crippen molar-refractivity contribution in [1.29, 1.82) is 0 Å². The van der Waals surface area contributed by atoms with Crippen LogP contribution in [0.3, 0.4) is 0 Å². The summed E-state index contributed by atoms with van der Waals surface area (Å²) in [6.07, 6.45) is 6.41. The number of allylic oxidation sites excluding steroid dienone is 2. The molecule has 0 bridgehead atoms. The first-order valence-corrected chi connectivity index (χ1v) is 14.6. The summed E-state index contributed by atoms with van der Waals surface area (Å²) in [5.41, 5.74) is 3.28. The molecule has 4 nitrogen and oxygen atoms in total. The van der Waals surface area contributed by atoms with Crippen LogP contribution in [0.15, 0.2) is 23.3 Å². The number of carbonyl (C=O) groups is 1. The van der Waals surface area contributed by atoms with E-state index in [1.54, 1.807) is 0 Å². The first kappa shape index (κ1) is 27.9. The molecule has 0 aromatic heterocycles. The van der Waals surface area contributed by atoms with Gasteiger partial charge in [0.25, 0.3) is 0 Å². The molecule has 0 spiro atoms. The molecule has 0 saturated heterocycles. The maximum atomic E-state index is 12.4. The highest BCUT2D eigenvalue weighted by Gasteiger charge is 2.65. The van der Waals surface area contributed by atoms with Gasteiger partial charge in [-0.25, -0.2) is 0 Å². The summed E-state index contributed by atoms with van der Waals surface area (Å²) >= 11 is 0. The number of aliphatic hydroxyl groups is 2. The van der Waals surface area contributed by atoms with Crippen LogP contribution in [0, 0.1) is 45.8 Å². The van der Waals surface area contributed by atoms with Gasteiger partial charge in [-0.05, 0) is 97.4 Å². The number of fused-ring (bicyclic) bond motifs is 4. The van der Waals surface area contributed by atoms with Gasteiger partial charge in [0.15, 0.2) is 0 Å². The van der Waals surface area contributed by atoms with E-state index in [4.69, 9.17) is 4.74 Å². The zero-order chi connectivity index (χ0) is 26.8. The number of carbonyl (C=O) groups excluding carboxylic acids is 1. The average Bonchev–Trinajstić information content (AvgIpc) is 3.15. The predicted octanol–water partition coefficient (Wildman–Crippen LogP) is 6.85. The number of ether oxygens (including phenoxy) is 1. The SMILES string of the molecule is C=C(CC[C@@H](C)[C@H]1CC[C@H]2C3=C(C(O)[C@@H](OC(C)=O)[C@]12C)[C@@]1(C)CC[C@H](O)C(C)(C)C1CC3)C(C)C. The van der Waals surface area contributed by atoms with Crippen molar-refractivity contribution in [3.8, 4) is 0 Å². The minimum Gasteiger partial charge on any atom is -0.459 e. The Balaban J connectivity index is 1.75. The number of aliphatic hydroxyl groups excluding tert-OH is 2. The van der Waals surface area contributed by atoms with Crippen LogP contribution in [0.4, 0.5) is 0 Å². The Morgan fingerprint density at radius 3 is 2.36 bits per heavy atom. The molecule has 0 radical (unpaired) electrons. The fourth-order valence-electron chi connectivity index (χ4n) is 9.59. The largest absolute Gasteiger partial charge is 0.459 e. The van der Waals surface area contributed by atoms with E-state index in [0.29, 0.717) is 29.6 Å². The van der Waals surface area contributed by atoms with Gasteiger partial charge in [0.2, 0.25) is 0 Å². The summed E-state index contributed by atoms with van der Waals surface area (Å²) in [6.45, 7) is 21.6. The van der Waals surface area contributed by atoms with E-state index in [1.165, 1.54) is 18.1 Å². The summed E-state index contributed by atoms with van der Waals surface area (Å²) in [5, 5.41) is 23.0. The highest BCUT2D eigenvalue weighted by Crippen LogP contribution is 2.68. The summed E-state index contributed by atoms with van der Waals surface area (Å²) in [4.78, 5) is 12.4. The molecule has 2 N–H and O–H groups in total. The topological polar surface area (TPSA) is 66.8 Å². The minimum atomic E-state index is -0.776. The molecule has 0 amide bonds. The van der Waals surface area contributed by atoms with Gasteiger partial charge in [-0.2, -0.15) is 0 Å². The molecule has 9 atom stereocenters. The molecule has 0 aromatic rings. The van der Waals surface area contributed by atoms with Crippen molar-refractivity contribution in [1.82, 2.24) is 0 Å². The van der Waals surface area contributed by atoms with Crippen molar-refractivity contribution in [2.75, 3.05) is 0 Å². The smallest absolute Gasteiger partial charge is 0.303 e. The van der Waals surface area contributed by atoms with Gasteiger partial charge in [0.05, 0.1) is 6.10 Å². The summed E-state index contributed by atoms with van der Waals surface area (Å²) in [6, 6.07) is 0. The van der Waals surface area contributed by atoms with Crippen LogP contribution >= 0.6 is 0 Å². The van der Waals surface area contributed by atoms with Crippen molar-refractivity contribution in [2.45, 2.75) is 125 Å². The van der Waals surface area contributed by atoms with E-state index < -0.39 is 12.2 Å². The Labute approximate surface area is 220 Å². The maximum absolute atomic E-state index is 12.4. The fourth-order valence-corrected chi connectivity index (χ4v) is 9.59. The summed E-state index contributed by atoms with van der Waals surface area (Å²) < 4.78 is 6.12. The van der Waals surface area contributed by atoms with E-state index in [2.05, 4.69) is 55.0 Å². The third kappa shape index (κ3) is 4.13. The zero-order valence-electron chi connectivity index (χ0n) is 24.2. The monoisotopic (exact) mass is 500 g/mol. The molecule has 2 saturated carbocycles. The first-order valence-electron chi connectivity index (χ1n) is 14.6. The van der Waals surface area contributed by atoms with Gasteiger partial charge in [0, 0.05) is 12.3 Å². The Morgan fingerprint density at radius 2 is 1.75 bits per heavy atom. The maximum Gasteiger partial charge on any atom is 0.303 e.